The molecule has 1 aromatic carbocycles. The first-order valence-corrected chi connectivity index (χ1v) is 6.23. The van der Waals surface area contributed by atoms with Crippen LogP contribution >= 0.6 is 11.6 Å². The second kappa shape index (κ2) is 7.63. The van der Waals surface area contributed by atoms with Crippen LogP contribution in [0.3, 0.4) is 0 Å². The SMILES string of the molecule is CCCCOC(=O)COc1ccc(Cl)cc1C(=O)O. The fraction of sp³-hybridized carbons (Fsp3) is 0.385. The fourth-order valence-corrected chi connectivity index (χ4v) is 1.48. The van der Waals surface area contributed by atoms with Gasteiger partial charge in [-0.25, -0.2) is 9.59 Å². The number of hydrogen-bond donors (Lipinski definition) is 1. The second-order valence-corrected chi connectivity index (χ2v) is 4.24. The molecule has 0 unspecified atom stereocenters. The zero-order valence-electron chi connectivity index (χ0n) is 10.5. The maximum Gasteiger partial charge on any atom is 0.344 e. The van der Waals surface area contributed by atoms with Gasteiger partial charge in [0.15, 0.2) is 6.61 Å². The minimum absolute atomic E-state index is 0.0874. The Kier molecular flexibility index (Phi) is 6.15. The normalized spacial score (nSPS) is 10.0. The Morgan fingerprint density at radius 3 is 2.74 bits per heavy atom. The molecule has 6 heteroatoms. The molecule has 0 aliphatic heterocycles. The van der Waals surface area contributed by atoms with Gasteiger partial charge in [0.1, 0.15) is 11.3 Å². The van der Waals surface area contributed by atoms with E-state index in [0.717, 1.165) is 12.8 Å². The third-order valence-corrected chi connectivity index (χ3v) is 2.51. The van der Waals surface area contributed by atoms with Crippen LogP contribution in [-0.2, 0) is 9.53 Å². The van der Waals surface area contributed by atoms with E-state index < -0.39 is 11.9 Å². The summed E-state index contributed by atoms with van der Waals surface area (Å²) >= 11 is 5.70. The van der Waals surface area contributed by atoms with Gasteiger partial charge in [-0.15, -0.1) is 0 Å². The summed E-state index contributed by atoms with van der Waals surface area (Å²) in [5.74, 6) is -1.61. The molecule has 0 spiro atoms. The maximum absolute atomic E-state index is 11.3. The van der Waals surface area contributed by atoms with Crippen LogP contribution in [0.1, 0.15) is 30.1 Å². The summed E-state index contributed by atoms with van der Waals surface area (Å²) in [6.07, 6.45) is 1.71. The molecule has 5 nitrogen and oxygen atoms in total. The largest absolute Gasteiger partial charge is 0.481 e. The number of carboxylic acid groups (broad SMARTS) is 1. The molecule has 0 heterocycles. The minimum Gasteiger partial charge on any atom is -0.481 e. The third-order valence-electron chi connectivity index (χ3n) is 2.28. The van der Waals surface area contributed by atoms with Crippen LogP contribution in [0.15, 0.2) is 18.2 Å². The highest BCUT2D eigenvalue weighted by Crippen LogP contribution is 2.22. The highest BCUT2D eigenvalue weighted by atomic mass is 35.5. The van der Waals surface area contributed by atoms with Crippen molar-refractivity contribution in [2.45, 2.75) is 19.8 Å². The lowest BCUT2D eigenvalue weighted by Crippen LogP contribution is -2.16. The molecule has 0 aliphatic rings. The van der Waals surface area contributed by atoms with Gasteiger partial charge >= 0.3 is 11.9 Å². The Bertz CT molecular complexity index is 458. The first-order chi connectivity index (χ1) is 9.04. The number of aromatic carboxylic acids is 1. The number of unbranched alkanes of at least 4 members (excludes halogenated alkanes) is 1. The predicted octanol–water partition coefficient (Wildman–Crippen LogP) is 2.76. The molecular formula is C13H15ClO5. The number of ether oxygens (including phenoxy) is 2. The van der Waals surface area contributed by atoms with Gasteiger partial charge in [0, 0.05) is 5.02 Å². The fourth-order valence-electron chi connectivity index (χ4n) is 1.30. The summed E-state index contributed by atoms with van der Waals surface area (Å²) in [6.45, 7) is 1.99. The zero-order valence-corrected chi connectivity index (χ0v) is 11.3. The molecule has 0 amide bonds. The van der Waals surface area contributed by atoms with Crippen LogP contribution < -0.4 is 4.74 Å². The van der Waals surface area contributed by atoms with Gasteiger partial charge in [-0.2, -0.15) is 0 Å². The molecule has 0 saturated carbocycles. The van der Waals surface area contributed by atoms with E-state index in [9.17, 15) is 9.59 Å². The Morgan fingerprint density at radius 1 is 1.37 bits per heavy atom. The lowest BCUT2D eigenvalue weighted by Gasteiger charge is -2.09. The van der Waals surface area contributed by atoms with Crippen molar-refractivity contribution in [1.29, 1.82) is 0 Å². The monoisotopic (exact) mass is 286 g/mol. The summed E-state index contributed by atoms with van der Waals surface area (Å²) in [5, 5.41) is 9.26. The van der Waals surface area contributed by atoms with Gasteiger partial charge in [0.2, 0.25) is 0 Å². The van der Waals surface area contributed by atoms with Crippen LogP contribution in [0.5, 0.6) is 5.75 Å². The van der Waals surface area contributed by atoms with E-state index in [1.165, 1.54) is 18.2 Å². The highest BCUT2D eigenvalue weighted by Gasteiger charge is 2.13. The van der Waals surface area contributed by atoms with Crippen molar-refractivity contribution in [3.8, 4) is 5.75 Å². The van der Waals surface area contributed by atoms with E-state index in [1.807, 2.05) is 6.92 Å². The standard InChI is InChI=1S/C13H15ClO5/c1-2-3-6-18-12(15)8-19-11-5-4-9(14)7-10(11)13(16)17/h4-5,7H,2-3,6,8H2,1H3,(H,16,17). The van der Waals surface area contributed by atoms with Gasteiger partial charge in [0.25, 0.3) is 0 Å². The molecule has 0 fully saturated rings. The van der Waals surface area contributed by atoms with Crippen molar-refractivity contribution in [1.82, 2.24) is 0 Å². The minimum atomic E-state index is -1.17. The second-order valence-electron chi connectivity index (χ2n) is 3.81. The lowest BCUT2D eigenvalue weighted by atomic mass is 10.2. The topological polar surface area (TPSA) is 72.8 Å². The lowest BCUT2D eigenvalue weighted by molar-refractivity contribution is -0.146. The maximum atomic E-state index is 11.3. The molecule has 0 aromatic heterocycles. The Labute approximate surface area is 116 Å². The summed E-state index contributed by atoms with van der Waals surface area (Å²) in [4.78, 5) is 22.3. The summed E-state index contributed by atoms with van der Waals surface area (Å²) in [6, 6.07) is 4.17. The van der Waals surface area contributed by atoms with Gasteiger partial charge in [-0.1, -0.05) is 24.9 Å². The van der Waals surface area contributed by atoms with Crippen LogP contribution in [0, 0.1) is 0 Å². The van der Waals surface area contributed by atoms with E-state index in [4.69, 9.17) is 26.2 Å². The van der Waals surface area contributed by atoms with Crippen molar-refractivity contribution in [2.75, 3.05) is 13.2 Å². The van der Waals surface area contributed by atoms with Crippen molar-refractivity contribution in [3.63, 3.8) is 0 Å². The number of halogens is 1. The first kappa shape index (κ1) is 15.3. The van der Waals surface area contributed by atoms with Gasteiger partial charge < -0.3 is 14.6 Å². The van der Waals surface area contributed by atoms with E-state index in [2.05, 4.69) is 0 Å². The summed E-state index contributed by atoms with van der Waals surface area (Å²) < 4.78 is 10.0. The summed E-state index contributed by atoms with van der Waals surface area (Å²) in [5.41, 5.74) is -0.0890. The molecule has 0 atom stereocenters. The third kappa shape index (κ3) is 5.18. The smallest absolute Gasteiger partial charge is 0.344 e. The molecular weight excluding hydrogens is 272 g/mol. The van der Waals surface area contributed by atoms with E-state index in [0.29, 0.717) is 6.61 Å². The number of carbonyl (C=O) groups excluding carboxylic acids is 1. The van der Waals surface area contributed by atoms with Crippen molar-refractivity contribution in [3.05, 3.63) is 28.8 Å². The van der Waals surface area contributed by atoms with Crippen molar-refractivity contribution < 1.29 is 24.2 Å². The molecule has 104 valence electrons. The van der Waals surface area contributed by atoms with Crippen molar-refractivity contribution in [2.24, 2.45) is 0 Å². The number of rotatable bonds is 7. The average Bonchev–Trinajstić information content (AvgIpc) is 2.37. The van der Waals surface area contributed by atoms with E-state index in [1.54, 1.807) is 0 Å². The molecule has 0 saturated heterocycles. The molecule has 0 bridgehead atoms. The number of carbonyl (C=O) groups is 2. The molecule has 1 N–H and O–H groups in total. The van der Waals surface area contributed by atoms with Crippen LogP contribution in [-0.4, -0.2) is 30.3 Å². The number of carboxylic acids is 1. The summed E-state index contributed by atoms with van der Waals surface area (Å²) in [7, 11) is 0. The Morgan fingerprint density at radius 2 is 2.11 bits per heavy atom. The molecule has 19 heavy (non-hydrogen) atoms. The van der Waals surface area contributed by atoms with Crippen LogP contribution in [0.4, 0.5) is 0 Å². The molecule has 0 aliphatic carbocycles. The van der Waals surface area contributed by atoms with Gasteiger partial charge in [0.05, 0.1) is 6.61 Å². The molecule has 0 radical (unpaired) electrons. The highest BCUT2D eigenvalue weighted by molar-refractivity contribution is 6.31. The van der Waals surface area contributed by atoms with Gasteiger partial charge in [-0.05, 0) is 24.6 Å². The molecule has 1 aromatic rings. The van der Waals surface area contributed by atoms with E-state index >= 15 is 0 Å². The van der Waals surface area contributed by atoms with Crippen LogP contribution in [0.25, 0.3) is 0 Å². The zero-order chi connectivity index (χ0) is 14.3. The average molecular weight is 287 g/mol. The number of hydrogen-bond acceptors (Lipinski definition) is 4. The first-order valence-electron chi connectivity index (χ1n) is 5.86. The molecule has 1 rings (SSSR count). The van der Waals surface area contributed by atoms with Crippen molar-refractivity contribution >= 4 is 23.5 Å². The Balaban J connectivity index is 2.57. The Hall–Kier alpha value is -1.75. The predicted molar refractivity (Wildman–Crippen MR) is 69.8 cm³/mol. The van der Waals surface area contributed by atoms with E-state index in [-0.39, 0.29) is 22.9 Å². The number of benzene rings is 1. The number of esters is 1. The van der Waals surface area contributed by atoms with Crippen LogP contribution in [0.2, 0.25) is 5.02 Å². The van der Waals surface area contributed by atoms with Gasteiger partial charge in [-0.3, -0.25) is 0 Å². The quantitative estimate of drug-likeness (QED) is 0.616.